The lowest BCUT2D eigenvalue weighted by Gasteiger charge is -2.30. The molecule has 138 heavy (non-hydrogen) atoms. The highest BCUT2D eigenvalue weighted by Gasteiger charge is 2.44. The lowest BCUT2D eigenvalue weighted by Crippen LogP contribution is -2.54. The maximum atomic E-state index is 13.3. The van der Waals surface area contributed by atoms with Crippen molar-refractivity contribution in [3.05, 3.63) is 217 Å². The third-order valence-corrected chi connectivity index (χ3v) is 26.0. The molecule has 33 nitrogen and oxygen atoms in total. The number of rotatable bonds is 27. The van der Waals surface area contributed by atoms with Gasteiger partial charge < -0.3 is 91.5 Å². The number of benzene rings is 9. The van der Waals surface area contributed by atoms with E-state index in [0.29, 0.717) is 131 Å². The average molecular weight is 1880 g/mol. The second-order valence-electron chi connectivity index (χ2n) is 36.6. The van der Waals surface area contributed by atoms with Crippen LogP contribution in [0.3, 0.4) is 0 Å². The van der Waals surface area contributed by atoms with Crippen LogP contribution in [0.15, 0.2) is 200 Å². The topological polar surface area (TPSA) is 411 Å². The van der Waals surface area contributed by atoms with Crippen molar-refractivity contribution < 1.29 is 86.1 Å². The van der Waals surface area contributed by atoms with Crippen molar-refractivity contribution in [1.29, 1.82) is 0 Å². The summed E-state index contributed by atoms with van der Waals surface area (Å²) in [5.41, 5.74) is 6.41. The van der Waals surface area contributed by atoms with Crippen molar-refractivity contribution in [2.24, 2.45) is 17.8 Å². The van der Waals surface area contributed by atoms with Gasteiger partial charge in [-0.2, -0.15) is 0 Å². The second kappa shape index (κ2) is 47.1. The number of alkyl carbamates (subject to hydrolysis) is 3. The number of ether oxygens (including phenoxy) is 3. The first kappa shape index (κ1) is 101. The molecule has 6 fully saturated rings. The van der Waals surface area contributed by atoms with Crippen molar-refractivity contribution in [3.8, 4) is 0 Å². The average Bonchev–Trinajstić information content (AvgIpc) is 0.977. The Morgan fingerprint density at radius 1 is 0.261 bits per heavy atom. The lowest BCUT2D eigenvalue weighted by atomic mass is 10.0. The van der Waals surface area contributed by atoms with E-state index in [1.165, 1.54) is 36.0 Å². The minimum atomic E-state index is -0.820. The van der Waals surface area contributed by atoms with Crippen LogP contribution in [0.2, 0.25) is 0 Å². The highest BCUT2D eigenvalue weighted by molar-refractivity contribution is 6.07. The van der Waals surface area contributed by atoms with Crippen LogP contribution in [-0.4, -0.2) is 234 Å². The molecule has 9 atom stereocenters. The quantitative estimate of drug-likeness (QED) is 0.0216. The van der Waals surface area contributed by atoms with Gasteiger partial charge in [0.1, 0.15) is 54.4 Å². The van der Waals surface area contributed by atoms with Crippen LogP contribution in [0.5, 0.6) is 0 Å². The van der Waals surface area contributed by atoms with Crippen LogP contribution in [-0.2, 0) is 91.0 Å². The summed E-state index contributed by atoms with van der Waals surface area (Å²) in [7, 11) is 3.70. The lowest BCUT2D eigenvalue weighted by molar-refractivity contribution is -0.139. The van der Waals surface area contributed by atoms with E-state index >= 15 is 0 Å². The van der Waals surface area contributed by atoms with Gasteiger partial charge in [-0.1, -0.05) is 169 Å². The highest BCUT2D eigenvalue weighted by Crippen LogP contribution is 2.34. The first-order valence-electron chi connectivity index (χ1n) is 47.3. The molecule has 726 valence electrons. The Morgan fingerprint density at radius 2 is 0.442 bits per heavy atom. The SMILES string of the molecule is COC(=O)N[C@H](C(=O)N1CCC[C@H]1C(=O)Nc1ccc2cc(NC(=O)[C@@H]3CCCN3C(=O)Cc3ccccc3)ccc2c1)C(C)C.COC(=O)N[C@H](C(=O)N1CCC[C@H]1C(=O)Nc1ccc2cc(NC(=O)[C@@H]3CCCN3C(=O)[C@@H](NC(=O)OC)C(C)C)ccc2c1)C(C)C.O=C(Nc1ccc2cc(NC(=O)[C@@H]3CCCN3C(=O)Cc3ccccc3)ccc2c1)[C@@H]1CCCN1C(=O)Cc1ccccc1. The highest BCUT2D eigenvalue weighted by atomic mass is 16.5. The molecule has 6 heterocycles. The Hall–Kier alpha value is -14.8. The zero-order valence-electron chi connectivity index (χ0n) is 79.4. The minimum absolute atomic E-state index is 0.0387. The van der Waals surface area contributed by atoms with Crippen LogP contribution in [0.1, 0.15) is 135 Å². The van der Waals surface area contributed by atoms with Gasteiger partial charge >= 0.3 is 18.3 Å². The number of fused-ring (bicyclic) bond motifs is 3. The largest absolute Gasteiger partial charge is 0.453 e. The molecule has 15 amide bonds. The molecule has 0 spiro atoms. The molecular formula is C105H123N15O18. The van der Waals surface area contributed by atoms with Crippen molar-refractivity contribution >= 4 is 156 Å². The Kier molecular flexibility index (Phi) is 34.4. The fraction of sp³-hybridized carbons (Fsp3) is 0.400. The standard InChI is InChI=1S/C36H36N4O4.C35H41N5O6.C34H46N6O8/c41-33(21-25-9-3-1-4-10-25)39-19-7-13-31(39)35(43)37-29-17-15-28-24-30(18-16-27(28)23-29)38-36(44)32-14-8-20-40(32)34(42)22-26-11-5-2-6-12-26;1-22(2)31(38-35(45)46-3)34(44)40-18-8-12-29(40)33(43)37-27-16-14-24-20-26(15-13-25(24)21-27)36-32(42)28-11-7-17-39(28)30(41)19-23-9-5-4-6-10-23;1-19(2)27(37-33(45)47-5)31(43)39-15-7-9-25(39)29(41)35-23-13-11-22-18-24(14-12-21(22)17-23)36-30(42)26-10-8-16-40(26)32(44)28(20(3)4)38-34(46)48-6/h1-6,9-12,15-18,23-24,31-32H,7-8,13-14,19-22H2,(H,37,43)(H,38,44);4-6,9-10,13-16,20-22,28-29,31H,7-8,11-12,17-19H2,1-3H3,(H,36,42)(H,37,43)(H,38,45);11-14,17-20,25-28H,7-10,15-16H2,1-6H3,(H,35,41)(H,36,42)(H,37,45)(H,38,46)/t31-,32-;28-,29-,31-;25-,26-,27-,28-/m000/s1. The number of nitrogens with zero attached hydrogens (tertiary/aromatic N) is 6. The molecule has 9 aromatic carbocycles. The molecule has 0 unspecified atom stereocenters. The van der Waals surface area contributed by atoms with Gasteiger partial charge in [0.2, 0.25) is 70.9 Å². The Balaban J connectivity index is 0.000000175. The van der Waals surface area contributed by atoms with E-state index in [-0.39, 0.29) is 108 Å². The van der Waals surface area contributed by atoms with Gasteiger partial charge in [-0.25, -0.2) is 14.4 Å². The number of amides is 15. The van der Waals surface area contributed by atoms with Crippen molar-refractivity contribution in [1.82, 2.24) is 45.3 Å². The Labute approximate surface area is 802 Å². The molecular weight excluding hydrogens is 1760 g/mol. The minimum Gasteiger partial charge on any atom is -0.453 e. The zero-order chi connectivity index (χ0) is 98.4. The molecule has 6 aliphatic heterocycles. The molecule has 0 aromatic heterocycles. The molecule has 0 aliphatic carbocycles. The number of hydrogen-bond acceptors (Lipinski definition) is 18. The van der Waals surface area contributed by atoms with Gasteiger partial charge in [-0.05, 0) is 217 Å². The number of carbonyl (C=O) groups excluding carboxylic acids is 15. The van der Waals surface area contributed by atoms with Crippen molar-refractivity contribution in [2.45, 2.75) is 192 Å². The summed E-state index contributed by atoms with van der Waals surface area (Å²) in [6.07, 6.45) is 6.51. The van der Waals surface area contributed by atoms with Gasteiger partial charge in [-0.15, -0.1) is 0 Å². The molecule has 6 aliphatic rings. The van der Waals surface area contributed by atoms with E-state index < -0.39 is 72.7 Å². The van der Waals surface area contributed by atoms with Gasteiger partial charge in [0, 0.05) is 73.4 Å². The van der Waals surface area contributed by atoms with Gasteiger partial charge in [0.15, 0.2) is 0 Å². The summed E-state index contributed by atoms with van der Waals surface area (Å²) in [5, 5.41) is 30.7. The summed E-state index contributed by atoms with van der Waals surface area (Å²) in [5.74, 6) is -3.21. The summed E-state index contributed by atoms with van der Waals surface area (Å²) in [4.78, 5) is 204. The number of carbonyl (C=O) groups is 15. The van der Waals surface area contributed by atoms with Gasteiger partial charge in [-0.3, -0.25) is 57.5 Å². The Morgan fingerprint density at radius 3 is 0.623 bits per heavy atom. The Bertz CT molecular complexity index is 5730. The molecule has 15 rings (SSSR count). The molecule has 6 saturated heterocycles. The summed E-state index contributed by atoms with van der Waals surface area (Å²) >= 11 is 0. The van der Waals surface area contributed by atoms with Crippen LogP contribution < -0.4 is 47.9 Å². The van der Waals surface area contributed by atoms with Gasteiger partial charge in [0.25, 0.3) is 0 Å². The second-order valence-corrected chi connectivity index (χ2v) is 36.6. The van der Waals surface area contributed by atoms with Gasteiger partial charge in [0.05, 0.1) is 40.6 Å². The fourth-order valence-electron chi connectivity index (χ4n) is 18.7. The van der Waals surface area contributed by atoms with Crippen LogP contribution in [0.25, 0.3) is 32.3 Å². The van der Waals surface area contributed by atoms with Crippen molar-refractivity contribution in [3.63, 3.8) is 0 Å². The first-order chi connectivity index (χ1) is 66.4. The van der Waals surface area contributed by atoms with E-state index in [0.717, 1.165) is 68.3 Å². The molecule has 0 bridgehead atoms. The number of anilines is 6. The van der Waals surface area contributed by atoms with Crippen LogP contribution in [0, 0.1) is 17.8 Å². The summed E-state index contributed by atoms with van der Waals surface area (Å²) in [6, 6.07) is 55.8. The number of methoxy groups -OCH3 is 3. The van der Waals surface area contributed by atoms with Crippen molar-refractivity contribution in [2.75, 3.05) is 92.5 Å². The smallest absolute Gasteiger partial charge is 0.407 e. The summed E-state index contributed by atoms with van der Waals surface area (Å²) in [6.45, 7) is 13.9. The van der Waals surface area contributed by atoms with Crippen LogP contribution in [0.4, 0.5) is 48.5 Å². The predicted molar refractivity (Wildman–Crippen MR) is 525 cm³/mol. The maximum Gasteiger partial charge on any atom is 0.407 e. The molecule has 0 radical (unpaired) electrons. The number of nitrogens with one attached hydrogen (secondary N) is 9. The first-order valence-corrected chi connectivity index (χ1v) is 47.3. The predicted octanol–water partition coefficient (Wildman–Crippen LogP) is 13.0. The molecule has 0 saturated carbocycles. The van der Waals surface area contributed by atoms with E-state index in [4.69, 9.17) is 0 Å². The fourth-order valence-corrected chi connectivity index (χ4v) is 18.7. The third kappa shape index (κ3) is 25.7. The number of likely N-dealkylation sites (tertiary alicyclic amines) is 6. The van der Waals surface area contributed by atoms with E-state index in [1.807, 2.05) is 217 Å². The number of hydrogen-bond donors (Lipinski definition) is 9. The molecule has 9 aromatic rings. The molecule has 33 heteroatoms. The maximum absolute atomic E-state index is 13.3. The third-order valence-electron chi connectivity index (χ3n) is 26.0. The monoisotopic (exact) mass is 1880 g/mol. The normalized spacial score (nSPS) is 18.3. The molecule has 9 N–H and O–H groups in total. The van der Waals surface area contributed by atoms with E-state index in [9.17, 15) is 71.9 Å². The summed E-state index contributed by atoms with van der Waals surface area (Å²) < 4.78 is 14.0. The van der Waals surface area contributed by atoms with Crippen LogP contribution >= 0.6 is 0 Å². The van der Waals surface area contributed by atoms with E-state index in [2.05, 4.69) is 62.1 Å². The zero-order valence-corrected chi connectivity index (χ0v) is 79.4. The van der Waals surface area contributed by atoms with E-state index in [1.54, 1.807) is 39.0 Å².